The summed E-state index contributed by atoms with van der Waals surface area (Å²) in [5.74, 6) is 0.770. The molecular formula is C22H24ClN5O3S. The summed E-state index contributed by atoms with van der Waals surface area (Å²) in [6.07, 6.45) is 0. The van der Waals surface area contributed by atoms with Crippen molar-refractivity contribution in [2.45, 2.75) is 31.6 Å². The molecule has 2 aromatic carbocycles. The van der Waals surface area contributed by atoms with Crippen LogP contribution >= 0.6 is 23.4 Å². The molecule has 0 aliphatic heterocycles. The molecule has 3 rings (SSSR count). The van der Waals surface area contributed by atoms with Crippen LogP contribution in [0.4, 0.5) is 5.69 Å². The third-order valence-electron chi connectivity index (χ3n) is 4.63. The first kappa shape index (κ1) is 23.6. The Kier molecular flexibility index (Phi) is 8.13. The van der Waals surface area contributed by atoms with Gasteiger partial charge in [-0.3, -0.25) is 9.59 Å². The molecule has 1 atom stereocenters. The molecule has 2 N–H and O–H groups in total. The number of methoxy groups -OCH3 is 1. The van der Waals surface area contributed by atoms with E-state index in [1.807, 2.05) is 18.4 Å². The fraction of sp³-hybridized carbons (Fsp3) is 0.273. The molecule has 0 spiro atoms. The van der Waals surface area contributed by atoms with Crippen molar-refractivity contribution in [3.63, 3.8) is 0 Å². The molecule has 8 nitrogen and oxygen atoms in total. The lowest BCUT2D eigenvalue weighted by Crippen LogP contribution is -2.29. The Labute approximate surface area is 195 Å². The quantitative estimate of drug-likeness (QED) is 0.452. The van der Waals surface area contributed by atoms with Gasteiger partial charge in [-0.2, -0.15) is 0 Å². The second-order valence-corrected chi connectivity index (χ2v) is 8.15. The van der Waals surface area contributed by atoms with Crippen molar-refractivity contribution in [1.82, 2.24) is 20.1 Å². The van der Waals surface area contributed by atoms with Gasteiger partial charge in [-0.25, -0.2) is 0 Å². The predicted molar refractivity (Wildman–Crippen MR) is 125 cm³/mol. The smallest absolute Gasteiger partial charge is 0.255 e. The van der Waals surface area contributed by atoms with Crippen molar-refractivity contribution in [2.24, 2.45) is 0 Å². The number of rotatable bonds is 9. The molecule has 32 heavy (non-hydrogen) atoms. The Morgan fingerprint density at radius 1 is 1.16 bits per heavy atom. The van der Waals surface area contributed by atoms with Gasteiger partial charge in [0, 0.05) is 6.54 Å². The van der Waals surface area contributed by atoms with Gasteiger partial charge in [0.05, 0.1) is 35.2 Å². The zero-order valence-electron chi connectivity index (χ0n) is 18.0. The third kappa shape index (κ3) is 5.60. The number of nitrogens with one attached hydrogen (secondary N) is 2. The van der Waals surface area contributed by atoms with E-state index in [9.17, 15) is 9.59 Å². The number of thioether (sulfide) groups is 1. The number of hydrogen-bond acceptors (Lipinski definition) is 6. The summed E-state index contributed by atoms with van der Waals surface area (Å²) in [6.45, 7) is 4.38. The van der Waals surface area contributed by atoms with E-state index >= 15 is 0 Å². The number of ether oxygens (including phenoxy) is 1. The molecule has 0 saturated heterocycles. The van der Waals surface area contributed by atoms with Crippen LogP contribution in [-0.4, -0.2) is 39.4 Å². The van der Waals surface area contributed by atoms with Crippen LogP contribution in [0.15, 0.2) is 53.7 Å². The molecule has 0 radical (unpaired) electrons. The van der Waals surface area contributed by atoms with Gasteiger partial charge in [0.25, 0.3) is 5.91 Å². The minimum Gasteiger partial charge on any atom is -0.496 e. The van der Waals surface area contributed by atoms with Crippen molar-refractivity contribution in [1.29, 1.82) is 0 Å². The number of nitrogens with zero attached hydrogens (tertiary/aromatic N) is 3. The number of hydrogen-bond donors (Lipinski definition) is 2. The summed E-state index contributed by atoms with van der Waals surface area (Å²) in [4.78, 5) is 25.0. The largest absolute Gasteiger partial charge is 0.496 e. The van der Waals surface area contributed by atoms with Gasteiger partial charge in [-0.1, -0.05) is 47.6 Å². The SMILES string of the molecule is CCn1c(SCC(=O)Nc2ccccc2Cl)nnc1[C@H](C)NC(=O)c1ccccc1OC. The van der Waals surface area contributed by atoms with Crippen LogP contribution < -0.4 is 15.4 Å². The summed E-state index contributed by atoms with van der Waals surface area (Å²) in [6, 6.07) is 13.7. The average molecular weight is 474 g/mol. The van der Waals surface area contributed by atoms with Crippen LogP contribution in [0.2, 0.25) is 5.02 Å². The topological polar surface area (TPSA) is 98.1 Å². The molecule has 3 aromatic rings. The number of carbonyl (C=O) groups excluding carboxylic acids is 2. The number of amides is 2. The molecule has 0 unspecified atom stereocenters. The maximum absolute atomic E-state index is 12.7. The predicted octanol–water partition coefficient (Wildman–Crippen LogP) is 4.18. The Morgan fingerprint density at radius 3 is 2.59 bits per heavy atom. The molecular weight excluding hydrogens is 450 g/mol. The monoisotopic (exact) mass is 473 g/mol. The van der Waals surface area contributed by atoms with Gasteiger partial charge < -0.3 is 19.9 Å². The van der Waals surface area contributed by atoms with Crippen molar-refractivity contribution in [3.8, 4) is 5.75 Å². The minimum atomic E-state index is -0.397. The molecule has 2 amide bonds. The second-order valence-electron chi connectivity index (χ2n) is 6.80. The van der Waals surface area contributed by atoms with Crippen LogP contribution in [0.3, 0.4) is 0 Å². The summed E-state index contributed by atoms with van der Waals surface area (Å²) in [7, 11) is 1.52. The highest BCUT2D eigenvalue weighted by Crippen LogP contribution is 2.24. The van der Waals surface area contributed by atoms with Crippen LogP contribution in [0.25, 0.3) is 0 Å². The highest BCUT2D eigenvalue weighted by molar-refractivity contribution is 7.99. The number of carbonyl (C=O) groups is 2. The number of aromatic nitrogens is 3. The van der Waals surface area contributed by atoms with E-state index in [1.54, 1.807) is 48.5 Å². The van der Waals surface area contributed by atoms with Crippen molar-refractivity contribution < 1.29 is 14.3 Å². The Hall–Kier alpha value is -3.04. The standard InChI is InChI=1S/C22H24ClN5O3S/c1-4-28-20(14(2)24-21(30)15-9-5-8-12-18(15)31-3)26-27-22(28)32-13-19(29)25-17-11-7-6-10-16(17)23/h5-12,14H,4,13H2,1-3H3,(H,24,30)(H,25,29)/t14-/m0/s1. The van der Waals surface area contributed by atoms with Gasteiger partial charge in [0.2, 0.25) is 5.91 Å². The first-order chi connectivity index (χ1) is 15.4. The zero-order valence-corrected chi connectivity index (χ0v) is 19.5. The number of para-hydroxylation sites is 2. The average Bonchev–Trinajstić information content (AvgIpc) is 3.22. The van der Waals surface area contributed by atoms with Crippen molar-refractivity contribution >= 4 is 40.9 Å². The first-order valence-electron chi connectivity index (χ1n) is 9.98. The van der Waals surface area contributed by atoms with E-state index in [2.05, 4.69) is 20.8 Å². The molecule has 0 aliphatic carbocycles. The van der Waals surface area contributed by atoms with Crippen LogP contribution in [0, 0.1) is 0 Å². The van der Waals surface area contributed by atoms with E-state index in [-0.39, 0.29) is 17.6 Å². The van der Waals surface area contributed by atoms with E-state index in [4.69, 9.17) is 16.3 Å². The third-order valence-corrected chi connectivity index (χ3v) is 5.92. The van der Waals surface area contributed by atoms with Crippen LogP contribution in [0.1, 0.15) is 36.1 Å². The summed E-state index contributed by atoms with van der Waals surface area (Å²) in [5.41, 5.74) is 1.00. The molecule has 0 bridgehead atoms. The van der Waals surface area contributed by atoms with Gasteiger partial charge in [-0.15, -0.1) is 10.2 Å². The van der Waals surface area contributed by atoms with E-state index < -0.39 is 6.04 Å². The number of benzene rings is 2. The Bertz CT molecular complexity index is 1100. The fourth-order valence-corrected chi connectivity index (χ4v) is 4.07. The van der Waals surface area contributed by atoms with Crippen molar-refractivity contribution in [3.05, 3.63) is 64.9 Å². The lowest BCUT2D eigenvalue weighted by molar-refractivity contribution is -0.113. The van der Waals surface area contributed by atoms with Crippen LogP contribution in [0.5, 0.6) is 5.75 Å². The fourth-order valence-electron chi connectivity index (χ4n) is 3.07. The van der Waals surface area contributed by atoms with Gasteiger partial charge in [0.1, 0.15) is 5.75 Å². The van der Waals surface area contributed by atoms with E-state index in [0.717, 1.165) is 0 Å². The lowest BCUT2D eigenvalue weighted by atomic mass is 10.1. The van der Waals surface area contributed by atoms with Gasteiger partial charge >= 0.3 is 0 Å². The van der Waals surface area contributed by atoms with E-state index in [0.29, 0.717) is 39.5 Å². The molecule has 168 valence electrons. The normalized spacial score (nSPS) is 11.6. The highest BCUT2D eigenvalue weighted by atomic mass is 35.5. The molecule has 0 aliphatic rings. The van der Waals surface area contributed by atoms with Crippen LogP contribution in [-0.2, 0) is 11.3 Å². The maximum atomic E-state index is 12.7. The second kappa shape index (κ2) is 11.0. The van der Waals surface area contributed by atoms with E-state index in [1.165, 1.54) is 18.9 Å². The maximum Gasteiger partial charge on any atom is 0.255 e. The van der Waals surface area contributed by atoms with Gasteiger partial charge in [0.15, 0.2) is 11.0 Å². The van der Waals surface area contributed by atoms with Gasteiger partial charge in [-0.05, 0) is 38.1 Å². The Morgan fingerprint density at radius 2 is 1.88 bits per heavy atom. The Balaban J connectivity index is 1.65. The summed E-state index contributed by atoms with van der Waals surface area (Å²) in [5, 5.41) is 15.2. The molecule has 0 saturated carbocycles. The summed E-state index contributed by atoms with van der Waals surface area (Å²) >= 11 is 7.35. The lowest BCUT2D eigenvalue weighted by Gasteiger charge is -2.16. The first-order valence-corrected chi connectivity index (χ1v) is 11.3. The highest BCUT2D eigenvalue weighted by Gasteiger charge is 2.21. The summed E-state index contributed by atoms with van der Waals surface area (Å²) < 4.78 is 7.14. The zero-order chi connectivity index (χ0) is 23.1. The molecule has 0 fully saturated rings. The number of anilines is 1. The molecule has 10 heteroatoms. The molecule has 1 aromatic heterocycles. The minimum absolute atomic E-state index is 0.144. The van der Waals surface area contributed by atoms with Crippen molar-refractivity contribution in [2.75, 3.05) is 18.2 Å². The number of halogens is 1. The molecule has 1 heterocycles.